The van der Waals surface area contributed by atoms with Gasteiger partial charge in [-0.2, -0.15) is 0 Å². The van der Waals surface area contributed by atoms with Gasteiger partial charge in [0, 0.05) is 18.7 Å². The summed E-state index contributed by atoms with van der Waals surface area (Å²) < 4.78 is 19.7. The van der Waals surface area contributed by atoms with E-state index in [9.17, 15) is 9.18 Å². The van der Waals surface area contributed by atoms with Crippen LogP contribution in [-0.4, -0.2) is 21.0 Å². The summed E-state index contributed by atoms with van der Waals surface area (Å²) in [6.45, 7) is 1.39. The molecule has 0 spiro atoms. The highest BCUT2D eigenvalue weighted by molar-refractivity contribution is 9.10. The van der Waals surface area contributed by atoms with E-state index in [0.717, 1.165) is 0 Å². The molecule has 0 aliphatic rings. The number of benzene rings is 2. The molecule has 0 unspecified atom stereocenters. The number of carbonyl (C=O) groups excluding carboxylic acids is 1. The van der Waals surface area contributed by atoms with Crippen molar-refractivity contribution in [2.75, 3.05) is 4.90 Å². The minimum atomic E-state index is -0.410. The fourth-order valence-electron chi connectivity index (χ4n) is 3.00. The topological polar surface area (TPSA) is 72.1 Å². The maximum atomic E-state index is 13.8. The van der Waals surface area contributed by atoms with E-state index in [1.165, 1.54) is 24.2 Å². The summed E-state index contributed by atoms with van der Waals surface area (Å²) >= 11 is 9.53. The molecule has 6 nitrogen and oxygen atoms in total. The molecule has 0 radical (unpaired) electrons. The zero-order valence-electron chi connectivity index (χ0n) is 15.5. The Kier molecular flexibility index (Phi) is 5.61. The first kappa shape index (κ1) is 20.2. The average Bonchev–Trinajstić information content (AvgIpc) is 3.16. The highest BCUT2D eigenvalue weighted by atomic mass is 79.9. The first-order chi connectivity index (χ1) is 14.5. The number of anilines is 2. The van der Waals surface area contributed by atoms with E-state index >= 15 is 0 Å². The second-order valence-electron chi connectivity index (χ2n) is 6.24. The van der Waals surface area contributed by atoms with Crippen LogP contribution in [0.4, 0.5) is 16.0 Å². The molecule has 2 aromatic carbocycles. The molecule has 30 heavy (non-hydrogen) atoms. The Labute approximate surface area is 184 Å². The predicted molar refractivity (Wildman–Crippen MR) is 115 cm³/mol. The predicted octanol–water partition coefficient (Wildman–Crippen LogP) is 6.04. The summed E-state index contributed by atoms with van der Waals surface area (Å²) in [6.07, 6.45) is 2.95. The number of rotatable bonds is 4. The summed E-state index contributed by atoms with van der Waals surface area (Å²) in [7, 11) is 0. The summed E-state index contributed by atoms with van der Waals surface area (Å²) in [6, 6.07) is 13.0. The van der Waals surface area contributed by atoms with Gasteiger partial charge in [-0.3, -0.25) is 4.79 Å². The van der Waals surface area contributed by atoms with Crippen LogP contribution in [-0.2, 0) is 4.79 Å². The summed E-state index contributed by atoms with van der Waals surface area (Å²) in [5.41, 5.74) is 2.34. The number of nitrogens with zero attached hydrogens (tertiary/aromatic N) is 4. The van der Waals surface area contributed by atoms with Crippen LogP contribution >= 0.6 is 27.5 Å². The fraction of sp³-hybridized carbons (Fsp3) is 0.0476. The van der Waals surface area contributed by atoms with Crippen molar-refractivity contribution >= 4 is 45.0 Å². The SMILES string of the molecule is CC(=O)N(c1ccccc1Cl)c1onc(-c2ccc(F)c(Br)c2)c1-c1ccncn1. The van der Waals surface area contributed by atoms with Crippen LogP contribution in [0.15, 0.2) is 70.1 Å². The Hall–Kier alpha value is -3.10. The van der Waals surface area contributed by atoms with E-state index in [2.05, 4.69) is 31.1 Å². The highest BCUT2D eigenvalue weighted by Gasteiger charge is 2.29. The van der Waals surface area contributed by atoms with E-state index in [1.54, 1.807) is 48.7 Å². The Morgan fingerprint density at radius 3 is 2.67 bits per heavy atom. The Balaban J connectivity index is 1.98. The van der Waals surface area contributed by atoms with Crippen LogP contribution < -0.4 is 4.90 Å². The quantitative estimate of drug-likeness (QED) is 0.351. The molecule has 0 bridgehead atoms. The van der Waals surface area contributed by atoms with Crippen LogP contribution in [0.1, 0.15) is 6.92 Å². The third-order valence-corrected chi connectivity index (χ3v) is 5.24. The Morgan fingerprint density at radius 1 is 1.20 bits per heavy atom. The lowest BCUT2D eigenvalue weighted by atomic mass is 10.0. The summed E-state index contributed by atoms with van der Waals surface area (Å²) in [4.78, 5) is 22.2. The Bertz CT molecular complexity index is 1230. The number of halogens is 3. The van der Waals surface area contributed by atoms with E-state index in [0.29, 0.717) is 33.2 Å². The summed E-state index contributed by atoms with van der Waals surface area (Å²) in [5, 5.41) is 4.54. The van der Waals surface area contributed by atoms with Crippen molar-refractivity contribution < 1.29 is 13.7 Å². The van der Waals surface area contributed by atoms with Gasteiger partial charge >= 0.3 is 0 Å². The van der Waals surface area contributed by atoms with Gasteiger partial charge in [0.15, 0.2) is 0 Å². The second kappa shape index (κ2) is 8.33. The maximum absolute atomic E-state index is 13.8. The van der Waals surface area contributed by atoms with Gasteiger partial charge in [-0.1, -0.05) is 28.9 Å². The highest BCUT2D eigenvalue weighted by Crippen LogP contribution is 2.43. The molecule has 1 amide bonds. The van der Waals surface area contributed by atoms with Gasteiger partial charge in [0.25, 0.3) is 0 Å². The molecule has 0 aliphatic heterocycles. The van der Waals surface area contributed by atoms with Crippen LogP contribution in [0, 0.1) is 5.82 Å². The largest absolute Gasteiger partial charge is 0.336 e. The van der Waals surface area contributed by atoms with Crippen molar-refractivity contribution in [3.8, 4) is 22.5 Å². The molecule has 9 heteroatoms. The number of hydrogen-bond donors (Lipinski definition) is 0. The minimum Gasteiger partial charge on any atom is -0.336 e. The molecule has 0 saturated carbocycles. The van der Waals surface area contributed by atoms with E-state index in [-0.39, 0.29) is 16.3 Å². The number of amides is 1. The molecular weight excluding hydrogens is 475 g/mol. The van der Waals surface area contributed by atoms with Crippen molar-refractivity contribution in [1.29, 1.82) is 0 Å². The lowest BCUT2D eigenvalue weighted by Crippen LogP contribution is -2.23. The number of para-hydroxylation sites is 1. The molecule has 0 fully saturated rings. The van der Waals surface area contributed by atoms with Gasteiger partial charge in [0.1, 0.15) is 17.8 Å². The van der Waals surface area contributed by atoms with Gasteiger partial charge in [0.2, 0.25) is 11.8 Å². The van der Waals surface area contributed by atoms with Crippen LogP contribution in [0.3, 0.4) is 0 Å². The minimum absolute atomic E-state index is 0.143. The smallest absolute Gasteiger partial charge is 0.248 e. The normalized spacial score (nSPS) is 10.8. The lowest BCUT2D eigenvalue weighted by molar-refractivity contribution is -0.116. The first-order valence-electron chi connectivity index (χ1n) is 8.74. The molecule has 0 saturated heterocycles. The molecule has 2 aromatic heterocycles. The van der Waals surface area contributed by atoms with Crippen molar-refractivity contribution in [3.05, 3.63) is 76.4 Å². The van der Waals surface area contributed by atoms with Crippen molar-refractivity contribution in [2.45, 2.75) is 6.92 Å². The van der Waals surface area contributed by atoms with E-state index in [4.69, 9.17) is 16.1 Å². The van der Waals surface area contributed by atoms with E-state index < -0.39 is 5.82 Å². The van der Waals surface area contributed by atoms with Crippen LogP contribution in [0.2, 0.25) is 5.02 Å². The summed E-state index contributed by atoms with van der Waals surface area (Å²) in [5.74, 6) is -0.598. The van der Waals surface area contributed by atoms with Gasteiger partial charge in [0.05, 0.1) is 26.4 Å². The number of aromatic nitrogens is 3. The zero-order valence-corrected chi connectivity index (χ0v) is 17.9. The standard InChI is InChI=1S/C21H13BrClFN4O2/c1-12(29)28(18-5-3-2-4-15(18)23)21-19(17-8-9-25-11-26-17)20(27-30-21)13-6-7-16(24)14(22)10-13/h2-11H,1H3. The van der Waals surface area contributed by atoms with Crippen molar-refractivity contribution in [2.24, 2.45) is 0 Å². The Morgan fingerprint density at radius 2 is 2.00 bits per heavy atom. The number of hydrogen-bond acceptors (Lipinski definition) is 5. The number of carbonyl (C=O) groups is 1. The third kappa shape index (κ3) is 3.71. The van der Waals surface area contributed by atoms with Crippen molar-refractivity contribution in [3.63, 3.8) is 0 Å². The van der Waals surface area contributed by atoms with Gasteiger partial charge in [-0.25, -0.2) is 19.3 Å². The third-order valence-electron chi connectivity index (χ3n) is 4.32. The van der Waals surface area contributed by atoms with Gasteiger partial charge in [-0.05, 0) is 52.3 Å². The fourth-order valence-corrected chi connectivity index (χ4v) is 3.60. The van der Waals surface area contributed by atoms with E-state index in [1.807, 2.05) is 0 Å². The molecule has 4 aromatic rings. The van der Waals surface area contributed by atoms with Crippen LogP contribution in [0.25, 0.3) is 22.5 Å². The van der Waals surface area contributed by atoms with Gasteiger partial charge < -0.3 is 4.52 Å². The molecule has 150 valence electrons. The zero-order chi connectivity index (χ0) is 21.3. The molecule has 2 heterocycles. The lowest BCUT2D eigenvalue weighted by Gasteiger charge is -2.20. The molecule has 0 N–H and O–H groups in total. The second-order valence-corrected chi connectivity index (χ2v) is 7.50. The average molecular weight is 488 g/mol. The molecule has 0 aliphatic carbocycles. The first-order valence-corrected chi connectivity index (χ1v) is 9.91. The molecule has 0 atom stereocenters. The van der Waals surface area contributed by atoms with Crippen molar-refractivity contribution in [1.82, 2.24) is 15.1 Å². The maximum Gasteiger partial charge on any atom is 0.248 e. The molecular formula is C21H13BrClFN4O2. The monoisotopic (exact) mass is 486 g/mol. The molecule has 4 rings (SSSR count). The van der Waals surface area contributed by atoms with Crippen LogP contribution in [0.5, 0.6) is 0 Å². The van der Waals surface area contributed by atoms with Gasteiger partial charge in [-0.15, -0.1) is 0 Å².